The second kappa shape index (κ2) is 5.23. The molecule has 1 atom stereocenters. The average Bonchev–Trinajstić information content (AvgIpc) is 2.20. The van der Waals surface area contributed by atoms with E-state index in [0.29, 0.717) is 5.82 Å². The molecule has 1 aromatic heterocycles. The van der Waals surface area contributed by atoms with Crippen LogP contribution in [0.4, 0.5) is 10.2 Å². The topological polar surface area (TPSA) is 68.0 Å². The van der Waals surface area contributed by atoms with Crippen molar-refractivity contribution in [2.45, 2.75) is 33.2 Å². The predicted octanol–water partition coefficient (Wildman–Crippen LogP) is 1.92. The molecule has 1 amide bonds. The minimum atomic E-state index is -0.436. The van der Waals surface area contributed by atoms with Gasteiger partial charge in [-0.15, -0.1) is 0 Å². The van der Waals surface area contributed by atoms with Gasteiger partial charge in [-0.3, -0.25) is 4.79 Å². The fraction of sp³-hybridized carbons (Fsp3) is 0.500. The first-order valence-corrected chi connectivity index (χ1v) is 5.46. The highest BCUT2D eigenvalue weighted by atomic mass is 19.1. The number of rotatable bonds is 3. The van der Waals surface area contributed by atoms with Crippen molar-refractivity contribution >= 4 is 11.7 Å². The standard InChI is InChI=1S/C12H18FN3O/c1-12(2,3)9(14)6-11(17)16-10-5-4-8(13)7-15-10/h4-5,7,9H,6,14H2,1-3H3,(H,15,16,17). The van der Waals surface area contributed by atoms with Crippen LogP contribution in [0, 0.1) is 11.2 Å². The maximum absolute atomic E-state index is 12.6. The summed E-state index contributed by atoms with van der Waals surface area (Å²) in [4.78, 5) is 15.4. The van der Waals surface area contributed by atoms with Crippen molar-refractivity contribution in [2.75, 3.05) is 5.32 Å². The molecule has 0 saturated carbocycles. The molecule has 1 unspecified atom stereocenters. The number of aromatic nitrogens is 1. The Labute approximate surface area is 100 Å². The quantitative estimate of drug-likeness (QED) is 0.846. The number of hydrogen-bond acceptors (Lipinski definition) is 3. The summed E-state index contributed by atoms with van der Waals surface area (Å²) < 4.78 is 12.6. The first-order chi connectivity index (χ1) is 7.79. The molecule has 4 nitrogen and oxygen atoms in total. The van der Waals surface area contributed by atoms with Crippen LogP contribution < -0.4 is 11.1 Å². The Morgan fingerprint density at radius 1 is 1.53 bits per heavy atom. The zero-order valence-corrected chi connectivity index (χ0v) is 10.3. The second-order valence-electron chi connectivity index (χ2n) is 5.09. The van der Waals surface area contributed by atoms with E-state index < -0.39 is 5.82 Å². The number of anilines is 1. The molecular formula is C12H18FN3O. The first-order valence-electron chi connectivity index (χ1n) is 5.46. The molecule has 0 aromatic carbocycles. The van der Waals surface area contributed by atoms with E-state index in [1.807, 2.05) is 20.8 Å². The van der Waals surface area contributed by atoms with Crippen LogP contribution >= 0.6 is 0 Å². The third kappa shape index (κ3) is 4.48. The first kappa shape index (κ1) is 13.6. The molecule has 0 spiro atoms. The number of pyridine rings is 1. The van der Waals surface area contributed by atoms with Crippen LogP contribution in [0.2, 0.25) is 0 Å². The molecule has 1 aromatic rings. The molecule has 0 fully saturated rings. The van der Waals surface area contributed by atoms with Gasteiger partial charge >= 0.3 is 0 Å². The number of hydrogen-bond donors (Lipinski definition) is 2. The average molecular weight is 239 g/mol. The normalized spacial score (nSPS) is 13.2. The van der Waals surface area contributed by atoms with E-state index in [-0.39, 0.29) is 23.8 Å². The molecule has 94 valence electrons. The summed E-state index contributed by atoms with van der Waals surface area (Å²) in [5, 5.41) is 2.58. The number of carbonyl (C=O) groups excluding carboxylic acids is 1. The highest BCUT2D eigenvalue weighted by molar-refractivity contribution is 5.90. The third-order valence-corrected chi connectivity index (χ3v) is 2.51. The predicted molar refractivity (Wildman–Crippen MR) is 64.9 cm³/mol. The largest absolute Gasteiger partial charge is 0.327 e. The van der Waals surface area contributed by atoms with Gasteiger partial charge in [0.15, 0.2) is 0 Å². The van der Waals surface area contributed by atoms with Crippen molar-refractivity contribution < 1.29 is 9.18 Å². The van der Waals surface area contributed by atoms with Gasteiger partial charge in [0.1, 0.15) is 11.6 Å². The van der Waals surface area contributed by atoms with Crippen molar-refractivity contribution in [2.24, 2.45) is 11.1 Å². The number of halogens is 1. The van der Waals surface area contributed by atoms with E-state index in [1.165, 1.54) is 12.1 Å². The van der Waals surface area contributed by atoms with Crippen LogP contribution in [0.3, 0.4) is 0 Å². The van der Waals surface area contributed by atoms with Gasteiger partial charge in [0.25, 0.3) is 0 Å². The van der Waals surface area contributed by atoms with Crippen LogP contribution in [0.5, 0.6) is 0 Å². The van der Waals surface area contributed by atoms with E-state index in [0.717, 1.165) is 6.20 Å². The molecule has 5 heteroatoms. The van der Waals surface area contributed by atoms with Crippen LogP contribution in [0.15, 0.2) is 18.3 Å². The van der Waals surface area contributed by atoms with Gasteiger partial charge in [-0.1, -0.05) is 20.8 Å². The molecule has 17 heavy (non-hydrogen) atoms. The monoisotopic (exact) mass is 239 g/mol. The van der Waals surface area contributed by atoms with E-state index in [4.69, 9.17) is 5.73 Å². The van der Waals surface area contributed by atoms with Crippen molar-refractivity contribution in [1.82, 2.24) is 4.98 Å². The lowest BCUT2D eigenvalue weighted by molar-refractivity contribution is -0.117. The Kier molecular flexibility index (Phi) is 4.17. The Morgan fingerprint density at radius 3 is 2.65 bits per heavy atom. The lowest BCUT2D eigenvalue weighted by Gasteiger charge is -2.26. The molecule has 0 radical (unpaired) electrons. The lowest BCUT2D eigenvalue weighted by atomic mass is 9.85. The van der Waals surface area contributed by atoms with E-state index >= 15 is 0 Å². The summed E-state index contributed by atoms with van der Waals surface area (Å²) in [7, 11) is 0. The Hall–Kier alpha value is -1.49. The summed E-state index contributed by atoms with van der Waals surface area (Å²) in [6.07, 6.45) is 1.27. The van der Waals surface area contributed by atoms with E-state index in [9.17, 15) is 9.18 Å². The highest BCUT2D eigenvalue weighted by Gasteiger charge is 2.23. The second-order valence-corrected chi connectivity index (χ2v) is 5.09. The Bertz CT molecular complexity index is 384. The molecular weight excluding hydrogens is 221 g/mol. The highest BCUT2D eigenvalue weighted by Crippen LogP contribution is 2.20. The SMILES string of the molecule is CC(C)(C)C(N)CC(=O)Nc1ccc(F)cn1. The van der Waals surface area contributed by atoms with Gasteiger partial charge in [-0.25, -0.2) is 9.37 Å². The molecule has 0 aliphatic heterocycles. The summed E-state index contributed by atoms with van der Waals surface area (Å²) in [6.45, 7) is 5.92. The van der Waals surface area contributed by atoms with Gasteiger partial charge in [-0.2, -0.15) is 0 Å². The maximum atomic E-state index is 12.6. The Morgan fingerprint density at radius 2 is 2.18 bits per heavy atom. The Balaban J connectivity index is 2.53. The zero-order valence-electron chi connectivity index (χ0n) is 10.3. The molecule has 0 aliphatic carbocycles. The fourth-order valence-corrected chi connectivity index (χ4v) is 1.15. The van der Waals surface area contributed by atoms with Crippen LogP contribution in [-0.4, -0.2) is 16.9 Å². The maximum Gasteiger partial charge on any atom is 0.227 e. The van der Waals surface area contributed by atoms with Gasteiger partial charge in [0, 0.05) is 12.5 Å². The summed E-state index contributed by atoms with van der Waals surface area (Å²) in [5.74, 6) is -0.321. The number of nitrogens with one attached hydrogen (secondary N) is 1. The van der Waals surface area contributed by atoms with Gasteiger partial charge in [-0.05, 0) is 17.5 Å². The van der Waals surface area contributed by atoms with E-state index in [1.54, 1.807) is 0 Å². The van der Waals surface area contributed by atoms with Gasteiger partial charge in [0.05, 0.1) is 6.20 Å². The summed E-state index contributed by atoms with van der Waals surface area (Å²) >= 11 is 0. The van der Waals surface area contributed by atoms with Gasteiger partial charge < -0.3 is 11.1 Å². The number of carbonyl (C=O) groups is 1. The lowest BCUT2D eigenvalue weighted by Crippen LogP contribution is -2.38. The summed E-state index contributed by atoms with van der Waals surface area (Å²) in [5.41, 5.74) is 5.76. The van der Waals surface area contributed by atoms with Crippen LogP contribution in [0.25, 0.3) is 0 Å². The molecule has 0 saturated heterocycles. The zero-order chi connectivity index (χ0) is 13.1. The number of nitrogens with two attached hydrogens (primary N) is 1. The van der Waals surface area contributed by atoms with Crippen molar-refractivity contribution in [3.63, 3.8) is 0 Å². The minimum absolute atomic E-state index is 0.131. The number of amides is 1. The fourth-order valence-electron chi connectivity index (χ4n) is 1.15. The molecule has 3 N–H and O–H groups in total. The smallest absolute Gasteiger partial charge is 0.227 e. The van der Waals surface area contributed by atoms with E-state index in [2.05, 4.69) is 10.3 Å². The molecule has 0 bridgehead atoms. The van der Waals surface area contributed by atoms with Crippen LogP contribution in [0.1, 0.15) is 27.2 Å². The molecule has 1 rings (SSSR count). The molecule has 0 aliphatic rings. The minimum Gasteiger partial charge on any atom is -0.327 e. The van der Waals surface area contributed by atoms with Crippen molar-refractivity contribution in [3.05, 3.63) is 24.1 Å². The molecule has 1 heterocycles. The van der Waals surface area contributed by atoms with Gasteiger partial charge in [0.2, 0.25) is 5.91 Å². The van der Waals surface area contributed by atoms with Crippen molar-refractivity contribution in [3.8, 4) is 0 Å². The number of nitrogens with zero attached hydrogens (tertiary/aromatic N) is 1. The van der Waals surface area contributed by atoms with Crippen LogP contribution in [-0.2, 0) is 4.79 Å². The van der Waals surface area contributed by atoms with Crippen molar-refractivity contribution in [1.29, 1.82) is 0 Å². The summed E-state index contributed by atoms with van der Waals surface area (Å²) in [6, 6.07) is 2.42. The third-order valence-electron chi connectivity index (χ3n) is 2.51.